The number of rotatable bonds is 11. The Morgan fingerprint density at radius 3 is 1.31 bits per heavy atom. The molecular formula is C26H44O22. The minimum absolute atomic E-state index is 0.671. The van der Waals surface area contributed by atoms with Crippen LogP contribution >= 0.6 is 0 Å². The normalized spacial score (nSPS) is 50.2. The van der Waals surface area contributed by atoms with Crippen molar-refractivity contribution in [2.24, 2.45) is 0 Å². The molecule has 4 aliphatic rings. The van der Waals surface area contributed by atoms with E-state index in [9.17, 15) is 71.2 Å². The molecule has 0 aromatic carbocycles. The van der Waals surface area contributed by atoms with Crippen LogP contribution in [0, 0.1) is 0 Å². The van der Waals surface area contributed by atoms with Gasteiger partial charge in [0.15, 0.2) is 25.2 Å². The predicted octanol–water partition coefficient (Wildman–Crippen LogP) is -9.18. The highest BCUT2D eigenvalue weighted by Crippen LogP contribution is 2.34. The molecular weight excluding hydrogens is 664 g/mol. The molecule has 0 radical (unpaired) electrons. The monoisotopic (exact) mass is 708 g/mol. The maximum Gasteiger partial charge on any atom is 0.302 e. The maximum atomic E-state index is 11.6. The molecule has 0 saturated carbocycles. The summed E-state index contributed by atoms with van der Waals surface area (Å²) in [4.78, 5) is 11.6. The van der Waals surface area contributed by atoms with E-state index in [-0.39, 0.29) is 0 Å². The fourth-order valence-corrected chi connectivity index (χ4v) is 5.73. The largest absolute Gasteiger partial charge is 0.463 e. The lowest BCUT2D eigenvalue weighted by Gasteiger charge is -2.49. The first-order chi connectivity index (χ1) is 22.6. The summed E-state index contributed by atoms with van der Waals surface area (Å²) in [5.41, 5.74) is 0. The van der Waals surface area contributed by atoms with E-state index in [1.165, 1.54) is 0 Å². The Balaban J connectivity index is 1.49. The average molecular weight is 709 g/mol. The molecule has 48 heavy (non-hydrogen) atoms. The van der Waals surface area contributed by atoms with Gasteiger partial charge in [-0.2, -0.15) is 0 Å². The number of aliphatic hydroxyl groups excluding tert-OH is 13. The van der Waals surface area contributed by atoms with Crippen molar-refractivity contribution in [1.29, 1.82) is 0 Å². The fraction of sp³-hybridized carbons (Fsp3) is 0.962. The molecule has 0 aromatic rings. The number of hydrogen-bond acceptors (Lipinski definition) is 22. The van der Waals surface area contributed by atoms with Crippen LogP contribution in [0.4, 0.5) is 0 Å². The predicted molar refractivity (Wildman–Crippen MR) is 143 cm³/mol. The van der Waals surface area contributed by atoms with Crippen LogP contribution in [0.5, 0.6) is 0 Å². The Morgan fingerprint density at radius 2 is 0.854 bits per heavy atom. The molecule has 0 aliphatic carbocycles. The zero-order chi connectivity index (χ0) is 35.6. The van der Waals surface area contributed by atoms with E-state index < -0.39 is 155 Å². The maximum absolute atomic E-state index is 11.6. The molecule has 0 amide bonds. The first kappa shape index (κ1) is 39.5. The Hall–Kier alpha value is -1.33. The molecule has 4 saturated heterocycles. The third-order valence-electron chi connectivity index (χ3n) is 8.47. The highest BCUT2D eigenvalue weighted by atomic mass is 16.8. The summed E-state index contributed by atoms with van der Waals surface area (Å²) in [6, 6.07) is 0. The second-order valence-corrected chi connectivity index (χ2v) is 11.8. The molecule has 280 valence electrons. The van der Waals surface area contributed by atoms with Gasteiger partial charge in [0.05, 0.1) is 19.8 Å². The second kappa shape index (κ2) is 16.8. The van der Waals surface area contributed by atoms with E-state index in [2.05, 4.69) is 0 Å². The summed E-state index contributed by atoms with van der Waals surface area (Å²) in [6.45, 7) is -2.17. The van der Waals surface area contributed by atoms with Gasteiger partial charge in [-0.1, -0.05) is 0 Å². The SMILES string of the molecule is CC(=O)OCC1O[C@@H](O[C@@H]2C(CO)O[C@@H](O)C(O)[C@H]2O)C(O)[C@@H](O)[C@@H]1O[C@@H]1OC(CO)[C@@H](O[C@@H]2OC(CO)[C@@H](O)[C@H](O)C2O)[C@H](O)C1O. The van der Waals surface area contributed by atoms with Crippen LogP contribution in [0.2, 0.25) is 0 Å². The number of carbonyl (C=O) groups excluding carboxylic acids is 1. The van der Waals surface area contributed by atoms with E-state index in [1.54, 1.807) is 0 Å². The summed E-state index contributed by atoms with van der Waals surface area (Å²) in [5, 5.41) is 133. The first-order valence-electron chi connectivity index (χ1n) is 15.0. The molecule has 20 atom stereocenters. The topological polar surface area (TPSA) is 354 Å². The number of aliphatic hydroxyl groups is 13. The van der Waals surface area contributed by atoms with Crippen LogP contribution in [0.25, 0.3) is 0 Å². The summed E-state index contributed by atoms with van der Waals surface area (Å²) >= 11 is 0. The van der Waals surface area contributed by atoms with Gasteiger partial charge in [0.1, 0.15) is 104 Å². The summed E-state index contributed by atoms with van der Waals surface area (Å²) in [5.74, 6) is -0.818. The molecule has 4 rings (SSSR count). The van der Waals surface area contributed by atoms with Crippen molar-refractivity contribution in [3.8, 4) is 0 Å². The van der Waals surface area contributed by atoms with Crippen molar-refractivity contribution in [2.75, 3.05) is 26.4 Å². The Labute approximate surface area is 271 Å². The third kappa shape index (κ3) is 8.24. The van der Waals surface area contributed by atoms with Gasteiger partial charge in [0.25, 0.3) is 0 Å². The first-order valence-corrected chi connectivity index (χ1v) is 15.0. The van der Waals surface area contributed by atoms with E-state index in [0.717, 1.165) is 6.92 Å². The van der Waals surface area contributed by atoms with Gasteiger partial charge in [-0.25, -0.2) is 0 Å². The molecule has 0 spiro atoms. The van der Waals surface area contributed by atoms with Crippen LogP contribution in [-0.4, -0.2) is 222 Å². The van der Waals surface area contributed by atoms with Gasteiger partial charge in [0, 0.05) is 6.92 Å². The van der Waals surface area contributed by atoms with Crippen LogP contribution in [-0.2, 0) is 42.7 Å². The molecule has 4 aliphatic heterocycles. The van der Waals surface area contributed by atoms with Gasteiger partial charge in [-0.05, 0) is 0 Å². The Morgan fingerprint density at radius 1 is 0.479 bits per heavy atom. The third-order valence-corrected chi connectivity index (χ3v) is 8.47. The molecule has 22 heteroatoms. The molecule has 0 aromatic heterocycles. The van der Waals surface area contributed by atoms with Crippen LogP contribution in [0.1, 0.15) is 6.92 Å². The van der Waals surface area contributed by atoms with E-state index in [4.69, 9.17) is 37.9 Å². The fourth-order valence-electron chi connectivity index (χ4n) is 5.73. The minimum atomic E-state index is -2.05. The van der Waals surface area contributed by atoms with E-state index in [0.29, 0.717) is 0 Å². The second-order valence-electron chi connectivity index (χ2n) is 11.8. The summed E-state index contributed by atoms with van der Waals surface area (Å²) < 4.78 is 43.2. The van der Waals surface area contributed by atoms with Crippen molar-refractivity contribution >= 4 is 5.97 Å². The molecule has 0 bridgehead atoms. The number of esters is 1. The number of carbonyl (C=O) groups is 1. The molecule has 4 fully saturated rings. The lowest BCUT2D eigenvalue weighted by molar-refractivity contribution is -0.387. The van der Waals surface area contributed by atoms with Crippen molar-refractivity contribution < 1.29 is 109 Å². The average Bonchev–Trinajstić information content (AvgIpc) is 3.06. The molecule has 4 heterocycles. The standard InChI is InChI=1S/C26H44O22/c1-6(30)41-5-10-22(15(35)19(39)26(45-10)46-20-8(3-28)42-23(40)16(36)13(20)33)48-25-18(38)14(34)21(9(4-29)44-25)47-24-17(37)12(32)11(31)7(2-27)43-24/h7-29,31-40H,2-5H2,1H3/t7?,8?,9?,10?,11-,12+,13-,14-,15-,16?,17?,18?,19?,20-,21-,22-,23-,24+,25+,26+/m1/s1. The zero-order valence-corrected chi connectivity index (χ0v) is 25.4. The highest BCUT2D eigenvalue weighted by molar-refractivity contribution is 5.65. The summed E-state index contributed by atoms with van der Waals surface area (Å²) in [6.07, 6.45) is -35.8. The number of hydrogen-bond donors (Lipinski definition) is 13. The van der Waals surface area contributed by atoms with Gasteiger partial charge in [-0.15, -0.1) is 0 Å². The van der Waals surface area contributed by atoms with Crippen LogP contribution in [0.3, 0.4) is 0 Å². The number of ether oxygens (including phenoxy) is 8. The van der Waals surface area contributed by atoms with Crippen molar-refractivity contribution in [3.05, 3.63) is 0 Å². The van der Waals surface area contributed by atoms with Crippen molar-refractivity contribution in [2.45, 2.75) is 130 Å². The highest BCUT2D eigenvalue weighted by Gasteiger charge is 2.55. The molecule has 13 N–H and O–H groups in total. The smallest absolute Gasteiger partial charge is 0.302 e. The van der Waals surface area contributed by atoms with Crippen LogP contribution < -0.4 is 0 Å². The van der Waals surface area contributed by atoms with Gasteiger partial charge < -0.3 is 104 Å². The van der Waals surface area contributed by atoms with Gasteiger partial charge in [0.2, 0.25) is 0 Å². The van der Waals surface area contributed by atoms with E-state index in [1.807, 2.05) is 0 Å². The lowest BCUT2D eigenvalue weighted by atomic mass is 9.95. The minimum Gasteiger partial charge on any atom is -0.463 e. The van der Waals surface area contributed by atoms with Gasteiger partial charge >= 0.3 is 5.97 Å². The quantitative estimate of drug-likeness (QED) is 0.0886. The van der Waals surface area contributed by atoms with Crippen molar-refractivity contribution in [3.63, 3.8) is 0 Å². The molecule has 8 unspecified atom stereocenters. The molecule has 22 nitrogen and oxygen atoms in total. The van der Waals surface area contributed by atoms with Crippen molar-refractivity contribution in [1.82, 2.24) is 0 Å². The Bertz CT molecular complexity index is 1020. The zero-order valence-electron chi connectivity index (χ0n) is 25.4. The van der Waals surface area contributed by atoms with Gasteiger partial charge in [-0.3, -0.25) is 4.79 Å². The van der Waals surface area contributed by atoms with E-state index >= 15 is 0 Å². The Kier molecular flexibility index (Phi) is 13.8. The van der Waals surface area contributed by atoms with Crippen LogP contribution in [0.15, 0.2) is 0 Å². The summed E-state index contributed by atoms with van der Waals surface area (Å²) in [7, 11) is 0. The lowest BCUT2D eigenvalue weighted by Crippen LogP contribution is -2.67.